The van der Waals surface area contributed by atoms with E-state index in [-0.39, 0.29) is 11.0 Å². The van der Waals surface area contributed by atoms with Crippen molar-refractivity contribution in [2.24, 2.45) is 0 Å². The Hall–Kier alpha value is -1.36. The lowest BCUT2D eigenvalue weighted by atomic mass is 10.2. The van der Waals surface area contributed by atoms with Crippen molar-refractivity contribution in [2.75, 3.05) is 5.32 Å². The molecule has 0 saturated heterocycles. The zero-order valence-corrected chi connectivity index (χ0v) is 15.9. The Labute approximate surface area is 159 Å². The van der Waals surface area contributed by atoms with Crippen LogP contribution in [-0.4, -0.2) is 19.8 Å². The van der Waals surface area contributed by atoms with Crippen molar-refractivity contribution >= 4 is 85.9 Å². The van der Waals surface area contributed by atoms with Gasteiger partial charge in [-0.15, -0.1) is 0 Å². The Morgan fingerprint density at radius 1 is 1.26 bits per heavy atom. The summed E-state index contributed by atoms with van der Waals surface area (Å²) in [5.74, 6) is -0.366. The van der Waals surface area contributed by atoms with Gasteiger partial charge in [-0.3, -0.25) is 10.1 Å². The Morgan fingerprint density at radius 2 is 2.09 bits per heavy atom. The van der Waals surface area contributed by atoms with E-state index in [1.165, 1.54) is 0 Å². The maximum atomic E-state index is 12.3. The molecule has 0 atom stereocenters. The number of amides is 1. The number of hydrogen-bond donors (Lipinski definition) is 2. The minimum absolute atomic E-state index is 0.172. The Balaban J connectivity index is 1.75. The summed E-state index contributed by atoms with van der Waals surface area (Å²) in [5, 5.41) is 6.13. The fourth-order valence-corrected chi connectivity index (χ4v) is 3.35. The SMILES string of the molecule is O=C(NC(=S)Nc1cccc2nsnc12)c1cc(I)ccc1Cl. The second-order valence-electron chi connectivity index (χ2n) is 4.47. The van der Waals surface area contributed by atoms with Crippen LogP contribution in [0.25, 0.3) is 11.0 Å². The van der Waals surface area contributed by atoms with Crippen LogP contribution in [0.5, 0.6) is 0 Å². The van der Waals surface area contributed by atoms with Crippen molar-refractivity contribution in [3.8, 4) is 0 Å². The number of hydrogen-bond acceptors (Lipinski definition) is 5. The molecule has 9 heteroatoms. The van der Waals surface area contributed by atoms with Crippen molar-refractivity contribution in [2.45, 2.75) is 0 Å². The normalized spacial score (nSPS) is 10.5. The highest BCUT2D eigenvalue weighted by atomic mass is 127. The molecule has 3 rings (SSSR count). The van der Waals surface area contributed by atoms with Gasteiger partial charge in [0.1, 0.15) is 11.0 Å². The molecule has 2 aromatic carbocycles. The molecule has 1 heterocycles. The van der Waals surface area contributed by atoms with E-state index in [1.807, 2.05) is 24.3 Å². The quantitative estimate of drug-likeness (QED) is 0.433. The van der Waals surface area contributed by atoms with Gasteiger partial charge in [-0.2, -0.15) is 8.75 Å². The maximum absolute atomic E-state index is 12.3. The smallest absolute Gasteiger partial charge is 0.258 e. The van der Waals surface area contributed by atoms with E-state index >= 15 is 0 Å². The molecule has 0 aliphatic heterocycles. The fraction of sp³-hybridized carbons (Fsp3) is 0. The lowest BCUT2D eigenvalue weighted by Gasteiger charge is -2.10. The second-order valence-corrected chi connectivity index (χ2v) is 7.06. The van der Waals surface area contributed by atoms with Gasteiger partial charge < -0.3 is 5.32 Å². The number of nitrogens with zero attached hydrogens (tertiary/aromatic N) is 2. The maximum Gasteiger partial charge on any atom is 0.258 e. The highest BCUT2D eigenvalue weighted by Gasteiger charge is 2.13. The van der Waals surface area contributed by atoms with Crippen LogP contribution in [0.2, 0.25) is 5.02 Å². The molecular weight excluding hydrogens is 467 g/mol. The van der Waals surface area contributed by atoms with E-state index in [1.54, 1.807) is 12.1 Å². The van der Waals surface area contributed by atoms with Gasteiger partial charge in [0.25, 0.3) is 5.91 Å². The van der Waals surface area contributed by atoms with E-state index in [2.05, 4.69) is 42.0 Å². The number of halogens is 2. The molecule has 3 aromatic rings. The fourth-order valence-electron chi connectivity index (χ4n) is 1.90. The summed E-state index contributed by atoms with van der Waals surface area (Å²) in [7, 11) is 0. The van der Waals surface area contributed by atoms with Crippen LogP contribution < -0.4 is 10.6 Å². The average Bonchev–Trinajstić information content (AvgIpc) is 2.99. The Kier molecular flexibility index (Phi) is 5.05. The first-order valence-electron chi connectivity index (χ1n) is 6.33. The van der Waals surface area contributed by atoms with Crippen molar-refractivity contribution in [1.82, 2.24) is 14.1 Å². The average molecular weight is 475 g/mol. The van der Waals surface area contributed by atoms with E-state index in [9.17, 15) is 4.79 Å². The molecule has 0 aliphatic rings. The summed E-state index contributed by atoms with van der Waals surface area (Å²) >= 11 is 14.5. The number of anilines is 1. The van der Waals surface area contributed by atoms with Gasteiger partial charge in [0.2, 0.25) is 0 Å². The van der Waals surface area contributed by atoms with Crippen molar-refractivity contribution in [3.05, 3.63) is 50.6 Å². The van der Waals surface area contributed by atoms with E-state index < -0.39 is 0 Å². The molecule has 1 aromatic heterocycles. The van der Waals surface area contributed by atoms with Crippen LogP contribution >= 0.6 is 58.1 Å². The number of thiocarbonyl (C=S) groups is 1. The Bertz CT molecular complexity index is 915. The summed E-state index contributed by atoms with van der Waals surface area (Å²) in [6.07, 6.45) is 0. The number of rotatable bonds is 2. The molecule has 2 N–H and O–H groups in total. The summed E-state index contributed by atoms with van der Waals surface area (Å²) in [6.45, 7) is 0. The van der Waals surface area contributed by atoms with Crippen LogP contribution in [-0.2, 0) is 0 Å². The van der Waals surface area contributed by atoms with Crippen molar-refractivity contribution in [1.29, 1.82) is 0 Å². The summed E-state index contributed by atoms with van der Waals surface area (Å²) in [6, 6.07) is 10.7. The zero-order valence-electron chi connectivity index (χ0n) is 11.3. The lowest BCUT2D eigenvalue weighted by Crippen LogP contribution is -2.34. The minimum Gasteiger partial charge on any atom is -0.331 e. The number of benzene rings is 2. The number of nitrogens with one attached hydrogen (secondary N) is 2. The van der Waals surface area contributed by atoms with E-state index in [0.717, 1.165) is 20.8 Å². The number of carbonyl (C=O) groups is 1. The molecule has 0 aliphatic carbocycles. The molecule has 5 nitrogen and oxygen atoms in total. The van der Waals surface area contributed by atoms with Crippen LogP contribution in [0.4, 0.5) is 5.69 Å². The molecule has 0 radical (unpaired) electrons. The first kappa shape index (κ1) is 16.5. The third-order valence-electron chi connectivity index (χ3n) is 2.93. The first-order chi connectivity index (χ1) is 11.0. The minimum atomic E-state index is -0.366. The van der Waals surface area contributed by atoms with Crippen LogP contribution in [0, 0.1) is 3.57 Å². The van der Waals surface area contributed by atoms with Gasteiger partial charge in [0, 0.05) is 3.57 Å². The van der Waals surface area contributed by atoms with Gasteiger partial charge in [-0.25, -0.2) is 0 Å². The standard InChI is InChI=1S/C14H8ClIN4OS2/c15-9-5-4-7(16)6-8(9)13(21)18-14(22)17-10-2-1-3-11-12(10)20-23-19-11/h1-6H,(H2,17,18,21,22). The number of fused-ring (bicyclic) bond motifs is 1. The van der Waals surface area contributed by atoms with E-state index in [0.29, 0.717) is 21.8 Å². The van der Waals surface area contributed by atoms with Crippen LogP contribution in [0.15, 0.2) is 36.4 Å². The van der Waals surface area contributed by atoms with Crippen LogP contribution in [0.3, 0.4) is 0 Å². The molecule has 23 heavy (non-hydrogen) atoms. The van der Waals surface area contributed by atoms with Crippen molar-refractivity contribution < 1.29 is 4.79 Å². The summed E-state index contributed by atoms with van der Waals surface area (Å²) in [5.41, 5.74) is 2.54. The monoisotopic (exact) mass is 474 g/mol. The number of aromatic nitrogens is 2. The molecule has 1 amide bonds. The van der Waals surface area contributed by atoms with Gasteiger partial charge in [-0.1, -0.05) is 17.7 Å². The molecular formula is C14H8ClIN4OS2. The van der Waals surface area contributed by atoms with Gasteiger partial charge in [-0.05, 0) is 65.1 Å². The lowest BCUT2D eigenvalue weighted by molar-refractivity contribution is 0.0978. The molecule has 0 fully saturated rings. The van der Waals surface area contributed by atoms with Gasteiger partial charge in [0.05, 0.1) is 28.0 Å². The zero-order chi connectivity index (χ0) is 16.4. The van der Waals surface area contributed by atoms with Crippen molar-refractivity contribution in [3.63, 3.8) is 0 Å². The topological polar surface area (TPSA) is 66.9 Å². The summed E-state index contributed by atoms with van der Waals surface area (Å²) < 4.78 is 9.28. The third-order valence-corrected chi connectivity index (χ3v) is 4.68. The molecule has 0 spiro atoms. The van der Waals surface area contributed by atoms with Gasteiger partial charge >= 0.3 is 0 Å². The molecule has 0 unspecified atom stereocenters. The second kappa shape index (κ2) is 7.04. The number of carbonyl (C=O) groups excluding carboxylic acids is 1. The highest BCUT2D eigenvalue weighted by molar-refractivity contribution is 14.1. The largest absolute Gasteiger partial charge is 0.331 e. The molecule has 0 saturated carbocycles. The highest BCUT2D eigenvalue weighted by Crippen LogP contribution is 2.21. The van der Waals surface area contributed by atoms with E-state index in [4.69, 9.17) is 23.8 Å². The molecule has 0 bridgehead atoms. The Morgan fingerprint density at radius 3 is 2.91 bits per heavy atom. The summed E-state index contributed by atoms with van der Waals surface area (Å²) in [4.78, 5) is 12.3. The van der Waals surface area contributed by atoms with Gasteiger partial charge in [0.15, 0.2) is 5.11 Å². The predicted molar refractivity (Wildman–Crippen MR) is 105 cm³/mol. The molecule has 116 valence electrons. The first-order valence-corrected chi connectivity index (χ1v) is 8.93. The third kappa shape index (κ3) is 3.77. The predicted octanol–water partition coefficient (Wildman–Crippen LogP) is 4.08. The van der Waals surface area contributed by atoms with Crippen LogP contribution in [0.1, 0.15) is 10.4 Å².